The Balaban J connectivity index is 1.53. The van der Waals surface area contributed by atoms with E-state index in [1.54, 1.807) is 6.07 Å². The second kappa shape index (κ2) is 6.88. The Morgan fingerprint density at radius 1 is 1.07 bits per heavy atom. The largest absolute Gasteiger partial charge is 0.573 e. The van der Waals surface area contributed by atoms with E-state index in [1.807, 2.05) is 23.1 Å². The minimum absolute atomic E-state index is 0.102. The maximum absolute atomic E-state index is 12.6. The number of hydrogen-bond acceptors (Lipinski definition) is 3. The van der Waals surface area contributed by atoms with Gasteiger partial charge >= 0.3 is 6.36 Å². The van der Waals surface area contributed by atoms with Crippen molar-refractivity contribution in [1.82, 2.24) is 10.2 Å². The zero-order chi connectivity index (χ0) is 19.0. The standard InChI is InChI=1S/C20H19F3N2O2/c21-20(22,23)27-17-4-1-3-13(10-17)14-6-7-15-11-25(12-16(15)9-14)19(26)18-5-2-8-24-18/h1,3-4,6-7,9-10,18,24H,2,5,8,11-12H2/t18-/m0/s1. The third-order valence-corrected chi connectivity index (χ3v) is 5.00. The maximum atomic E-state index is 12.6. The van der Waals surface area contributed by atoms with Gasteiger partial charge in [-0.3, -0.25) is 4.79 Å². The molecule has 4 rings (SSSR count). The molecule has 1 amide bonds. The predicted octanol–water partition coefficient (Wildman–Crippen LogP) is 3.85. The number of carbonyl (C=O) groups excluding carboxylic acids is 1. The Bertz CT molecular complexity index is 861. The smallest absolute Gasteiger partial charge is 0.406 e. The first-order valence-corrected chi connectivity index (χ1v) is 8.89. The number of ether oxygens (including phenoxy) is 1. The van der Waals surface area contributed by atoms with E-state index in [0.29, 0.717) is 18.7 Å². The summed E-state index contributed by atoms with van der Waals surface area (Å²) in [5.41, 5.74) is 3.55. The highest BCUT2D eigenvalue weighted by Gasteiger charge is 2.32. The first kappa shape index (κ1) is 17.9. The molecule has 2 aliphatic rings. The van der Waals surface area contributed by atoms with E-state index in [0.717, 1.165) is 36.1 Å². The molecule has 0 radical (unpaired) electrons. The van der Waals surface area contributed by atoms with Crippen molar-refractivity contribution >= 4 is 5.91 Å². The van der Waals surface area contributed by atoms with E-state index in [-0.39, 0.29) is 17.7 Å². The Morgan fingerprint density at radius 2 is 1.85 bits per heavy atom. The number of hydrogen-bond donors (Lipinski definition) is 1. The van der Waals surface area contributed by atoms with Gasteiger partial charge in [0.15, 0.2) is 0 Å². The highest BCUT2D eigenvalue weighted by atomic mass is 19.4. The van der Waals surface area contributed by atoms with Gasteiger partial charge < -0.3 is 15.0 Å². The van der Waals surface area contributed by atoms with Crippen molar-refractivity contribution in [2.45, 2.75) is 38.3 Å². The van der Waals surface area contributed by atoms with Crippen LogP contribution in [0.1, 0.15) is 24.0 Å². The van der Waals surface area contributed by atoms with Crippen molar-refractivity contribution in [3.05, 3.63) is 53.6 Å². The second-order valence-electron chi connectivity index (χ2n) is 6.90. The molecule has 142 valence electrons. The van der Waals surface area contributed by atoms with Crippen molar-refractivity contribution in [3.8, 4) is 16.9 Å². The Kier molecular flexibility index (Phi) is 4.55. The van der Waals surface area contributed by atoms with E-state index >= 15 is 0 Å². The van der Waals surface area contributed by atoms with Crippen LogP contribution < -0.4 is 10.1 Å². The number of carbonyl (C=O) groups is 1. The van der Waals surface area contributed by atoms with Crippen LogP contribution in [0.4, 0.5) is 13.2 Å². The van der Waals surface area contributed by atoms with Crippen molar-refractivity contribution in [1.29, 1.82) is 0 Å². The van der Waals surface area contributed by atoms with Crippen LogP contribution in [-0.4, -0.2) is 29.8 Å². The summed E-state index contributed by atoms with van der Waals surface area (Å²) in [6.07, 6.45) is -2.84. The van der Waals surface area contributed by atoms with Crippen LogP contribution in [0, 0.1) is 0 Å². The fraction of sp³-hybridized carbons (Fsp3) is 0.350. The second-order valence-corrected chi connectivity index (χ2v) is 6.90. The number of halogens is 3. The molecule has 2 aromatic carbocycles. The summed E-state index contributed by atoms with van der Waals surface area (Å²) in [7, 11) is 0. The van der Waals surface area contributed by atoms with Gasteiger partial charge in [0.1, 0.15) is 5.75 Å². The normalized spacial score (nSPS) is 19.2. The third kappa shape index (κ3) is 3.93. The maximum Gasteiger partial charge on any atom is 0.573 e. The van der Waals surface area contributed by atoms with Crippen LogP contribution in [0.3, 0.4) is 0 Å². The number of nitrogens with zero attached hydrogens (tertiary/aromatic N) is 1. The van der Waals surface area contributed by atoms with Crippen LogP contribution in [0.5, 0.6) is 5.75 Å². The van der Waals surface area contributed by atoms with Crippen LogP contribution >= 0.6 is 0 Å². The molecular weight excluding hydrogens is 357 g/mol. The highest BCUT2D eigenvalue weighted by Crippen LogP contribution is 2.32. The van der Waals surface area contributed by atoms with E-state index < -0.39 is 6.36 Å². The fourth-order valence-corrected chi connectivity index (χ4v) is 3.72. The van der Waals surface area contributed by atoms with E-state index in [4.69, 9.17) is 0 Å². The molecule has 1 N–H and O–H groups in total. The molecular formula is C20H19F3N2O2. The van der Waals surface area contributed by atoms with Crippen LogP contribution in [0.25, 0.3) is 11.1 Å². The molecule has 1 atom stereocenters. The molecule has 2 aromatic rings. The number of nitrogens with one attached hydrogen (secondary N) is 1. The van der Waals surface area contributed by atoms with Crippen molar-refractivity contribution < 1.29 is 22.7 Å². The summed E-state index contributed by atoms with van der Waals surface area (Å²) in [4.78, 5) is 14.4. The van der Waals surface area contributed by atoms with E-state index in [1.165, 1.54) is 18.2 Å². The van der Waals surface area contributed by atoms with Gasteiger partial charge in [0.2, 0.25) is 5.91 Å². The number of alkyl halides is 3. The first-order valence-electron chi connectivity index (χ1n) is 8.89. The van der Waals surface area contributed by atoms with Crippen molar-refractivity contribution in [3.63, 3.8) is 0 Å². The third-order valence-electron chi connectivity index (χ3n) is 5.00. The number of rotatable bonds is 3. The molecule has 0 saturated carbocycles. The predicted molar refractivity (Wildman–Crippen MR) is 93.8 cm³/mol. The SMILES string of the molecule is O=C([C@@H]1CCCN1)N1Cc2ccc(-c3cccc(OC(F)(F)F)c3)cc2C1. The highest BCUT2D eigenvalue weighted by molar-refractivity contribution is 5.83. The van der Waals surface area contributed by atoms with Crippen LogP contribution in [0.15, 0.2) is 42.5 Å². The van der Waals surface area contributed by atoms with Crippen molar-refractivity contribution in [2.75, 3.05) is 6.54 Å². The van der Waals surface area contributed by atoms with E-state index in [2.05, 4.69) is 10.1 Å². The van der Waals surface area contributed by atoms with Gasteiger partial charge in [-0.2, -0.15) is 0 Å². The molecule has 1 fully saturated rings. The molecule has 0 aliphatic carbocycles. The average Bonchev–Trinajstić information content (AvgIpc) is 3.29. The lowest BCUT2D eigenvalue weighted by atomic mass is 10.0. The van der Waals surface area contributed by atoms with Crippen molar-refractivity contribution in [2.24, 2.45) is 0 Å². The lowest BCUT2D eigenvalue weighted by Crippen LogP contribution is -2.40. The lowest BCUT2D eigenvalue weighted by molar-refractivity contribution is -0.274. The Hall–Kier alpha value is -2.54. The molecule has 27 heavy (non-hydrogen) atoms. The molecule has 2 heterocycles. The molecule has 2 aliphatic heterocycles. The molecule has 0 spiro atoms. The minimum Gasteiger partial charge on any atom is -0.406 e. The molecule has 4 nitrogen and oxygen atoms in total. The van der Waals surface area contributed by atoms with Gasteiger partial charge in [0.25, 0.3) is 0 Å². The number of benzene rings is 2. The molecule has 1 saturated heterocycles. The monoisotopic (exact) mass is 376 g/mol. The van der Waals surface area contributed by atoms with Gasteiger partial charge in [-0.15, -0.1) is 13.2 Å². The lowest BCUT2D eigenvalue weighted by Gasteiger charge is -2.19. The van der Waals surface area contributed by atoms with Gasteiger partial charge in [0, 0.05) is 13.1 Å². The molecule has 7 heteroatoms. The van der Waals surface area contributed by atoms with Gasteiger partial charge in [-0.05, 0) is 59.8 Å². The minimum atomic E-state index is -4.72. The Labute approximate surface area is 154 Å². The fourth-order valence-electron chi connectivity index (χ4n) is 3.72. The van der Waals surface area contributed by atoms with Gasteiger partial charge in [-0.1, -0.05) is 24.3 Å². The summed E-state index contributed by atoms with van der Waals surface area (Å²) in [5, 5.41) is 3.23. The molecule has 0 aromatic heterocycles. The topological polar surface area (TPSA) is 41.6 Å². The molecule has 0 unspecified atom stereocenters. The molecule has 0 bridgehead atoms. The van der Waals surface area contributed by atoms with Crippen LogP contribution in [-0.2, 0) is 17.9 Å². The average molecular weight is 376 g/mol. The van der Waals surface area contributed by atoms with Gasteiger partial charge in [0.05, 0.1) is 6.04 Å². The summed E-state index contributed by atoms with van der Waals surface area (Å²) in [6, 6.07) is 11.6. The summed E-state index contributed by atoms with van der Waals surface area (Å²) < 4.78 is 41.3. The quantitative estimate of drug-likeness (QED) is 0.885. The first-order chi connectivity index (χ1) is 12.9. The van der Waals surface area contributed by atoms with E-state index in [9.17, 15) is 18.0 Å². The zero-order valence-corrected chi connectivity index (χ0v) is 14.6. The summed E-state index contributed by atoms with van der Waals surface area (Å²) in [5.74, 6) is -0.129. The van der Waals surface area contributed by atoms with Crippen LogP contribution in [0.2, 0.25) is 0 Å². The Morgan fingerprint density at radius 3 is 2.59 bits per heavy atom. The van der Waals surface area contributed by atoms with Gasteiger partial charge in [-0.25, -0.2) is 0 Å². The zero-order valence-electron chi connectivity index (χ0n) is 14.6. The number of amides is 1. The summed E-state index contributed by atoms with van der Waals surface area (Å²) in [6.45, 7) is 1.97. The summed E-state index contributed by atoms with van der Waals surface area (Å²) >= 11 is 0. The number of fused-ring (bicyclic) bond motifs is 1.